The molecule has 31 heavy (non-hydrogen) atoms. The average molecular weight is 446 g/mol. The Hall–Kier alpha value is -3.66. The maximum Gasteiger partial charge on any atom is 0.508 e. The van der Waals surface area contributed by atoms with E-state index in [0.29, 0.717) is 4.57 Å². The van der Waals surface area contributed by atoms with E-state index < -0.39 is 60.3 Å². The highest BCUT2D eigenvalue weighted by Gasteiger charge is 2.60. The highest BCUT2D eigenvalue weighted by atomic mass is 19.3. The van der Waals surface area contributed by atoms with Gasteiger partial charge in [0.05, 0.1) is 7.05 Å². The molecule has 0 saturated carbocycles. The first kappa shape index (κ1) is 22.0. The van der Waals surface area contributed by atoms with Gasteiger partial charge in [0.25, 0.3) is 0 Å². The fraction of sp³-hybridized carbons (Fsp3) is 0.467. The Morgan fingerprint density at radius 2 is 2.19 bits per heavy atom. The average Bonchev–Trinajstić information content (AvgIpc) is 3.16. The summed E-state index contributed by atoms with van der Waals surface area (Å²) in [5.41, 5.74) is 4.36. The van der Waals surface area contributed by atoms with Crippen molar-refractivity contribution in [2.75, 3.05) is 12.3 Å². The van der Waals surface area contributed by atoms with Crippen LogP contribution in [-0.4, -0.2) is 60.0 Å². The first-order chi connectivity index (χ1) is 14.5. The predicted molar refractivity (Wildman–Crippen MR) is 93.8 cm³/mol. The SMILES string of the molecule is Cn1c(COC(=O)OC[C@H]2O[C@@H](n3ccc(N)nc3=O)C(F)(F)[C@@H]2O)cnc1[N+](=O)[O-]. The smallest absolute Gasteiger partial charge is 0.431 e. The predicted octanol–water partition coefficient (Wildman–Crippen LogP) is -0.286. The van der Waals surface area contributed by atoms with E-state index >= 15 is 0 Å². The molecule has 1 aliphatic rings. The highest BCUT2D eigenvalue weighted by Crippen LogP contribution is 2.42. The molecule has 0 aromatic carbocycles. The molecule has 1 saturated heterocycles. The minimum absolute atomic E-state index is 0.169. The number of nitrogen functional groups attached to an aromatic ring is 1. The van der Waals surface area contributed by atoms with Crippen molar-refractivity contribution in [1.29, 1.82) is 0 Å². The van der Waals surface area contributed by atoms with Gasteiger partial charge in [-0.1, -0.05) is 4.98 Å². The van der Waals surface area contributed by atoms with Crippen LogP contribution in [0.4, 0.5) is 25.3 Å². The van der Waals surface area contributed by atoms with Gasteiger partial charge in [0.1, 0.15) is 24.7 Å². The Kier molecular flexibility index (Phi) is 5.85. The number of halogens is 2. The normalized spacial score (nSPS) is 22.3. The third-order valence-corrected chi connectivity index (χ3v) is 4.41. The molecule has 1 fully saturated rings. The van der Waals surface area contributed by atoms with Gasteiger partial charge in [-0.05, 0) is 11.0 Å². The fourth-order valence-corrected chi connectivity index (χ4v) is 2.77. The van der Waals surface area contributed by atoms with E-state index in [1.54, 1.807) is 0 Å². The van der Waals surface area contributed by atoms with E-state index in [4.69, 9.17) is 15.2 Å². The second kappa shape index (κ2) is 8.23. The van der Waals surface area contributed by atoms with Crippen LogP contribution in [0.5, 0.6) is 0 Å². The van der Waals surface area contributed by atoms with E-state index in [9.17, 15) is 33.6 Å². The highest BCUT2D eigenvalue weighted by molar-refractivity contribution is 5.59. The molecule has 1 aliphatic heterocycles. The molecular formula is C15H16F2N6O8. The number of nitrogens with two attached hydrogens (primary N) is 1. The van der Waals surface area contributed by atoms with Crippen molar-refractivity contribution in [2.45, 2.75) is 31.0 Å². The van der Waals surface area contributed by atoms with Crippen LogP contribution < -0.4 is 11.4 Å². The zero-order valence-corrected chi connectivity index (χ0v) is 15.8. The van der Waals surface area contributed by atoms with Gasteiger partial charge < -0.3 is 35.2 Å². The fourth-order valence-electron chi connectivity index (χ4n) is 2.77. The number of imidazole rings is 1. The van der Waals surface area contributed by atoms with Crippen LogP contribution in [0.3, 0.4) is 0 Å². The lowest BCUT2D eigenvalue weighted by Crippen LogP contribution is -2.42. The molecule has 3 rings (SSSR count). The van der Waals surface area contributed by atoms with Crippen molar-refractivity contribution >= 4 is 17.9 Å². The Morgan fingerprint density at radius 3 is 2.81 bits per heavy atom. The lowest BCUT2D eigenvalue weighted by Gasteiger charge is -2.20. The number of anilines is 1. The molecule has 3 atom stereocenters. The summed E-state index contributed by atoms with van der Waals surface area (Å²) in [5, 5.41) is 20.6. The van der Waals surface area contributed by atoms with Gasteiger partial charge in [0.15, 0.2) is 18.4 Å². The number of carbonyl (C=O) groups is 1. The summed E-state index contributed by atoms with van der Waals surface area (Å²) in [6.07, 6.45) is -5.57. The van der Waals surface area contributed by atoms with Crippen molar-refractivity contribution < 1.29 is 37.8 Å². The van der Waals surface area contributed by atoms with Crippen LogP contribution in [-0.2, 0) is 27.9 Å². The quantitative estimate of drug-likeness (QED) is 0.337. The molecule has 14 nitrogen and oxygen atoms in total. The van der Waals surface area contributed by atoms with Crippen LogP contribution in [0, 0.1) is 10.1 Å². The van der Waals surface area contributed by atoms with E-state index in [-0.39, 0.29) is 11.5 Å². The third kappa shape index (κ3) is 4.29. The first-order valence-corrected chi connectivity index (χ1v) is 8.53. The van der Waals surface area contributed by atoms with E-state index in [2.05, 4.69) is 14.7 Å². The molecule has 2 aromatic heterocycles. The maximum absolute atomic E-state index is 14.4. The Bertz CT molecular complexity index is 1060. The number of hydrogen-bond acceptors (Lipinski definition) is 11. The van der Waals surface area contributed by atoms with Crippen molar-refractivity contribution in [3.8, 4) is 0 Å². The van der Waals surface area contributed by atoms with Gasteiger partial charge in [0, 0.05) is 6.20 Å². The molecule has 16 heteroatoms. The Labute approximate surface area is 170 Å². The number of aromatic nitrogens is 4. The minimum Gasteiger partial charge on any atom is -0.431 e. The molecular weight excluding hydrogens is 430 g/mol. The topological polar surface area (TPSA) is 187 Å². The molecule has 2 aromatic rings. The number of carbonyl (C=O) groups excluding carboxylic acids is 1. The van der Waals surface area contributed by atoms with Crippen molar-refractivity contribution in [2.24, 2.45) is 7.05 Å². The maximum atomic E-state index is 14.4. The second-order valence-corrected chi connectivity index (χ2v) is 6.40. The number of nitrogens with zero attached hydrogens (tertiary/aromatic N) is 5. The molecule has 3 heterocycles. The Balaban J connectivity index is 1.59. The first-order valence-electron chi connectivity index (χ1n) is 8.53. The summed E-state index contributed by atoms with van der Waals surface area (Å²) in [6.45, 7) is -1.27. The van der Waals surface area contributed by atoms with E-state index in [0.717, 1.165) is 23.0 Å². The Morgan fingerprint density at radius 1 is 1.48 bits per heavy atom. The van der Waals surface area contributed by atoms with E-state index in [1.807, 2.05) is 0 Å². The van der Waals surface area contributed by atoms with E-state index in [1.165, 1.54) is 7.05 Å². The summed E-state index contributed by atoms with van der Waals surface area (Å²) >= 11 is 0. The van der Waals surface area contributed by atoms with Crippen LogP contribution in [0.25, 0.3) is 0 Å². The van der Waals surface area contributed by atoms with Crippen LogP contribution in [0.15, 0.2) is 23.3 Å². The number of nitro groups is 1. The van der Waals surface area contributed by atoms with Gasteiger partial charge in [-0.2, -0.15) is 13.8 Å². The van der Waals surface area contributed by atoms with Gasteiger partial charge in [-0.25, -0.2) is 14.2 Å². The molecule has 0 radical (unpaired) electrons. The number of ether oxygens (including phenoxy) is 3. The zero-order chi connectivity index (χ0) is 22.9. The molecule has 0 amide bonds. The standard InChI is InChI=1S/C15H16F2N6O8/c1-21-7(4-19-12(21)23(27)28)5-29-14(26)30-6-8-10(24)15(16,17)11(31-8)22-3-2-9(18)20-13(22)25/h2-4,8,10-11,24H,5-6H2,1H3,(H2,18,20,25)/t8-,10-,11-/m1/s1. The molecule has 0 aliphatic carbocycles. The van der Waals surface area contributed by atoms with Crippen LogP contribution in [0.2, 0.25) is 0 Å². The van der Waals surface area contributed by atoms with Crippen LogP contribution in [0.1, 0.15) is 11.9 Å². The van der Waals surface area contributed by atoms with Crippen molar-refractivity contribution in [1.82, 2.24) is 19.1 Å². The summed E-state index contributed by atoms with van der Waals surface area (Å²) < 4.78 is 44.7. The lowest BCUT2D eigenvalue weighted by atomic mass is 10.1. The molecule has 3 N–H and O–H groups in total. The molecule has 0 bridgehead atoms. The van der Waals surface area contributed by atoms with Gasteiger partial charge >= 0.3 is 23.7 Å². The van der Waals surface area contributed by atoms with Crippen molar-refractivity contribution in [3.63, 3.8) is 0 Å². The minimum atomic E-state index is -3.91. The number of aliphatic hydroxyl groups is 1. The van der Waals surface area contributed by atoms with Gasteiger partial charge in [-0.15, -0.1) is 0 Å². The van der Waals surface area contributed by atoms with Gasteiger partial charge in [0.2, 0.25) is 6.23 Å². The van der Waals surface area contributed by atoms with Crippen molar-refractivity contribution in [3.05, 3.63) is 44.8 Å². The summed E-state index contributed by atoms with van der Waals surface area (Å²) in [7, 11) is 1.33. The van der Waals surface area contributed by atoms with Crippen LogP contribution >= 0.6 is 0 Å². The summed E-state index contributed by atoms with van der Waals surface area (Å²) in [5.74, 6) is -4.58. The largest absolute Gasteiger partial charge is 0.508 e. The number of rotatable bonds is 6. The number of aliphatic hydroxyl groups excluding tert-OH is 1. The lowest BCUT2D eigenvalue weighted by molar-refractivity contribution is -0.396. The monoisotopic (exact) mass is 446 g/mol. The number of alkyl halides is 2. The second-order valence-electron chi connectivity index (χ2n) is 6.40. The zero-order valence-electron chi connectivity index (χ0n) is 15.8. The molecule has 0 spiro atoms. The molecule has 0 unspecified atom stereocenters. The van der Waals surface area contributed by atoms with Gasteiger partial charge in [-0.3, -0.25) is 4.57 Å². The summed E-state index contributed by atoms with van der Waals surface area (Å²) in [4.78, 5) is 40.4. The number of hydrogen-bond donors (Lipinski definition) is 2. The molecule has 168 valence electrons. The summed E-state index contributed by atoms with van der Waals surface area (Å²) in [6, 6.07) is 1.09. The third-order valence-electron chi connectivity index (χ3n) is 4.41.